The zero-order valence-electron chi connectivity index (χ0n) is 34.5. The van der Waals surface area contributed by atoms with Gasteiger partial charge in [0.25, 0.3) is 0 Å². The van der Waals surface area contributed by atoms with E-state index >= 15 is 0 Å². The van der Waals surface area contributed by atoms with Crippen LogP contribution in [-0.4, -0.2) is 42.5 Å². The SMILES string of the molecule is Cc1nccn1Cc1ccc(-c2ccc(Cn3ccnc3C)cc2)cc1.Cc1nccn1Cc1ccc(-c2ccc(Cn3ccnc3C)cc2)cc1.S=C=S.[Cd+2].[Cd+2].[Cl-].[Cl-].[Cl-].[Cl-]. The monoisotopic (exact) mass is 1130 g/mol. The Kier molecular flexibility index (Phi) is 27.9. The van der Waals surface area contributed by atoms with Gasteiger partial charge in [0.2, 0.25) is 0 Å². The van der Waals surface area contributed by atoms with Gasteiger partial charge in [-0.3, -0.25) is 0 Å². The van der Waals surface area contributed by atoms with E-state index in [4.69, 9.17) is 0 Å². The molecule has 0 saturated carbocycles. The maximum absolute atomic E-state index is 4.28. The van der Waals surface area contributed by atoms with Gasteiger partial charge in [-0.2, -0.15) is 0 Å². The Hall–Kier alpha value is -3.06. The Balaban J connectivity index is 0.00000101. The standard InChI is InChI=1S/2C22H22N4.CS2.2Cd.4ClH/c2*1-17-23-11-13-25(17)15-19-3-7-21(8-4-19)22-9-5-20(6-10-22)16-26-14-12-24-18(26)2;2-1-3;;;;;;/h2*3-14H,15-16H2,1-2H3;;;;4*1H/q;;;2*+2;;;;/p-4. The fourth-order valence-corrected chi connectivity index (χ4v) is 6.28. The Morgan fingerprint density at radius 3 is 0.656 bits per heavy atom. The number of nitrogens with zero attached hydrogens (tertiary/aromatic N) is 8. The molecule has 61 heavy (non-hydrogen) atoms. The molecule has 16 heteroatoms. The van der Waals surface area contributed by atoms with E-state index in [9.17, 15) is 0 Å². The normalized spacial score (nSPS) is 9.51. The molecule has 8 rings (SSSR count). The van der Waals surface area contributed by atoms with Crippen LogP contribution in [0.15, 0.2) is 147 Å². The molecule has 0 fully saturated rings. The molecule has 0 saturated heterocycles. The van der Waals surface area contributed by atoms with Crippen LogP contribution in [0.25, 0.3) is 22.3 Å². The van der Waals surface area contributed by atoms with Gasteiger partial charge in [-0.05, 0) is 96.6 Å². The first-order valence-electron chi connectivity index (χ1n) is 18.1. The van der Waals surface area contributed by atoms with Gasteiger partial charge >= 0.3 is 54.6 Å². The van der Waals surface area contributed by atoms with E-state index in [-0.39, 0.29) is 104 Å². The molecule has 8 nitrogen and oxygen atoms in total. The first-order chi connectivity index (χ1) is 26.8. The molecule has 0 radical (unpaired) electrons. The maximum Gasteiger partial charge on any atom is 2.00 e. The summed E-state index contributed by atoms with van der Waals surface area (Å²) in [4.78, 5) is 17.1. The summed E-state index contributed by atoms with van der Waals surface area (Å²) in [5, 5.41) is 0. The van der Waals surface area contributed by atoms with Gasteiger partial charge in [0, 0.05) is 80.1 Å². The molecule has 0 N–H and O–H groups in total. The summed E-state index contributed by atoms with van der Waals surface area (Å²) in [7, 11) is 0. The summed E-state index contributed by atoms with van der Waals surface area (Å²) in [5.74, 6) is 4.16. The molecular weight excluding hydrogens is 1080 g/mol. The Bertz CT molecular complexity index is 2130. The molecule has 0 aliphatic heterocycles. The fraction of sp³-hybridized carbons (Fsp3) is 0.178. The van der Waals surface area contributed by atoms with Crippen LogP contribution >= 0.6 is 24.4 Å². The number of rotatable bonds is 10. The molecule has 0 bridgehead atoms. The number of thiocarbonyl (C=S) groups is 2. The third-order valence-corrected chi connectivity index (χ3v) is 9.59. The molecule has 0 spiro atoms. The van der Waals surface area contributed by atoms with E-state index in [0.29, 0.717) is 0 Å². The van der Waals surface area contributed by atoms with Crippen molar-refractivity contribution in [2.24, 2.45) is 0 Å². The molecule has 4 aromatic heterocycles. The summed E-state index contributed by atoms with van der Waals surface area (Å²) < 4.78 is 10.5. The number of hydrogen-bond acceptors (Lipinski definition) is 6. The average Bonchev–Trinajstić information content (AvgIpc) is 4.01. The summed E-state index contributed by atoms with van der Waals surface area (Å²) in [5.41, 5.74) is 10.1. The van der Waals surface area contributed by atoms with E-state index in [0.717, 1.165) is 49.5 Å². The number of aryl methyl sites for hydroxylation is 4. The molecule has 0 aliphatic rings. The summed E-state index contributed by atoms with van der Waals surface area (Å²) in [6, 6.07) is 35.1. The molecule has 0 aliphatic carbocycles. The molecule has 0 amide bonds. The Morgan fingerprint density at radius 2 is 0.525 bits per heavy atom. The summed E-state index contributed by atoms with van der Waals surface area (Å²) in [6.07, 6.45) is 15.4. The van der Waals surface area contributed by atoms with Crippen LogP contribution in [0, 0.1) is 27.7 Å². The van der Waals surface area contributed by atoms with Crippen molar-refractivity contribution in [2.75, 3.05) is 0 Å². The van der Waals surface area contributed by atoms with E-state index in [1.54, 1.807) is 0 Å². The third-order valence-electron chi connectivity index (χ3n) is 9.59. The predicted molar refractivity (Wildman–Crippen MR) is 228 cm³/mol. The van der Waals surface area contributed by atoms with Crippen molar-refractivity contribution in [1.82, 2.24) is 38.2 Å². The van der Waals surface area contributed by atoms with Crippen LogP contribution in [0.2, 0.25) is 0 Å². The summed E-state index contributed by atoms with van der Waals surface area (Å²) >= 11 is 7.92. The largest absolute Gasteiger partial charge is 2.00 e. The molecule has 0 atom stereocenters. The van der Waals surface area contributed by atoms with Crippen molar-refractivity contribution >= 4 is 28.7 Å². The van der Waals surface area contributed by atoms with Gasteiger partial charge in [0.05, 0.1) is 0 Å². The molecule has 0 unspecified atom stereocenters. The number of hydrogen-bond donors (Lipinski definition) is 0. The molecular formula is C45H44Cd2Cl4N8S2. The van der Waals surface area contributed by atoms with Crippen LogP contribution in [0.5, 0.6) is 0 Å². The number of benzene rings is 4. The molecule has 308 valence electrons. The van der Waals surface area contributed by atoms with Gasteiger partial charge in [-0.1, -0.05) is 97.1 Å². The number of imidazole rings is 4. The van der Waals surface area contributed by atoms with Gasteiger partial charge in [-0.25, -0.2) is 19.9 Å². The van der Waals surface area contributed by atoms with Gasteiger partial charge in [0.15, 0.2) is 0 Å². The van der Waals surface area contributed by atoms with Crippen molar-refractivity contribution in [2.45, 2.75) is 53.9 Å². The molecule has 4 heterocycles. The minimum absolute atomic E-state index is 0. The average molecular weight is 1130 g/mol. The van der Waals surface area contributed by atoms with Crippen LogP contribution in [-0.2, 0) is 80.8 Å². The zero-order chi connectivity index (χ0) is 38.6. The Morgan fingerprint density at radius 1 is 0.361 bits per heavy atom. The maximum atomic E-state index is 4.28. The van der Waals surface area contributed by atoms with Crippen LogP contribution in [0.4, 0.5) is 0 Å². The Labute approximate surface area is 435 Å². The predicted octanol–water partition coefficient (Wildman–Crippen LogP) is -2.05. The van der Waals surface area contributed by atoms with E-state index in [2.05, 4.69) is 160 Å². The van der Waals surface area contributed by atoms with E-state index in [1.165, 1.54) is 44.5 Å². The minimum Gasteiger partial charge on any atom is -1.00 e. The van der Waals surface area contributed by atoms with Crippen LogP contribution < -0.4 is 49.6 Å². The van der Waals surface area contributed by atoms with Crippen molar-refractivity contribution in [3.63, 3.8) is 0 Å². The zero-order valence-corrected chi connectivity index (χ0v) is 47.2. The second kappa shape index (κ2) is 29.3. The third kappa shape index (κ3) is 16.9. The van der Waals surface area contributed by atoms with Crippen LogP contribution in [0.1, 0.15) is 45.6 Å². The van der Waals surface area contributed by atoms with Crippen molar-refractivity contribution < 1.29 is 104 Å². The summed E-state index contributed by atoms with van der Waals surface area (Å²) in [6.45, 7) is 11.5. The quantitative estimate of drug-likeness (QED) is 0.116. The second-order valence-corrected chi connectivity index (χ2v) is 13.9. The minimum atomic E-state index is 0. The fourth-order valence-electron chi connectivity index (χ4n) is 6.28. The first kappa shape index (κ1) is 57.9. The van der Waals surface area contributed by atoms with Crippen molar-refractivity contribution in [3.05, 3.63) is 192 Å². The second-order valence-electron chi connectivity index (χ2n) is 13.3. The van der Waals surface area contributed by atoms with E-state index < -0.39 is 0 Å². The first-order valence-corrected chi connectivity index (χ1v) is 18.9. The molecule has 4 aromatic carbocycles. The van der Waals surface area contributed by atoms with Crippen molar-refractivity contribution in [1.29, 1.82) is 0 Å². The topological polar surface area (TPSA) is 71.3 Å². The van der Waals surface area contributed by atoms with E-state index in [1.807, 2.05) is 81.6 Å². The number of halogens is 4. The van der Waals surface area contributed by atoms with Gasteiger partial charge in [-0.15, -0.1) is 0 Å². The number of aromatic nitrogens is 8. The smallest absolute Gasteiger partial charge is 1.00 e. The van der Waals surface area contributed by atoms with Gasteiger partial charge < -0.3 is 67.9 Å². The molecule has 8 aromatic rings. The van der Waals surface area contributed by atoms with Crippen molar-refractivity contribution in [3.8, 4) is 22.3 Å². The van der Waals surface area contributed by atoms with Gasteiger partial charge in [0.1, 0.15) is 23.3 Å². The van der Waals surface area contributed by atoms with Crippen LogP contribution in [0.3, 0.4) is 0 Å².